The number of nitrogens with zero attached hydrogens (tertiary/aromatic N) is 4. The SMILES string of the molecule is CC(C)(C)OC(=O)N1CC[C@H](NC(=O)COc2cccc(-c3nccc(Nc4ccc5c(c4)C=NC5)n3)c2)C1. The highest BCUT2D eigenvalue weighted by atomic mass is 16.6. The first-order valence-electron chi connectivity index (χ1n) is 13.0. The van der Waals surface area contributed by atoms with Crippen LogP contribution in [-0.2, 0) is 16.1 Å². The molecule has 1 fully saturated rings. The summed E-state index contributed by atoms with van der Waals surface area (Å²) in [4.78, 5) is 39.7. The minimum absolute atomic E-state index is 0.137. The van der Waals surface area contributed by atoms with Crippen LogP contribution in [0.3, 0.4) is 0 Å². The molecular weight excluding hydrogens is 496 g/mol. The Hall–Kier alpha value is -4.47. The van der Waals surface area contributed by atoms with E-state index in [1.807, 2.05) is 57.3 Å². The largest absolute Gasteiger partial charge is 0.484 e. The number of fused-ring (bicyclic) bond motifs is 1. The van der Waals surface area contributed by atoms with Crippen molar-refractivity contribution in [1.29, 1.82) is 0 Å². The molecular formula is C29H32N6O4. The highest BCUT2D eigenvalue weighted by molar-refractivity contribution is 5.86. The van der Waals surface area contributed by atoms with Crippen LogP contribution in [0.2, 0.25) is 0 Å². The Balaban J connectivity index is 1.15. The number of benzene rings is 2. The highest BCUT2D eigenvalue weighted by Crippen LogP contribution is 2.25. The number of hydrogen-bond acceptors (Lipinski definition) is 8. The van der Waals surface area contributed by atoms with Crippen LogP contribution in [0.1, 0.15) is 38.3 Å². The molecule has 10 nitrogen and oxygen atoms in total. The lowest BCUT2D eigenvalue weighted by molar-refractivity contribution is -0.123. The van der Waals surface area contributed by atoms with Gasteiger partial charge in [-0.05, 0) is 68.7 Å². The van der Waals surface area contributed by atoms with Gasteiger partial charge in [0, 0.05) is 42.8 Å². The molecule has 0 spiro atoms. The smallest absolute Gasteiger partial charge is 0.410 e. The third-order valence-corrected chi connectivity index (χ3v) is 6.23. The lowest BCUT2D eigenvalue weighted by atomic mass is 10.1. The van der Waals surface area contributed by atoms with Gasteiger partial charge in [-0.25, -0.2) is 14.8 Å². The molecule has 0 aliphatic carbocycles. The Morgan fingerprint density at radius 1 is 1.13 bits per heavy atom. The van der Waals surface area contributed by atoms with Gasteiger partial charge in [0.2, 0.25) is 0 Å². The van der Waals surface area contributed by atoms with E-state index in [0.717, 1.165) is 23.4 Å². The van der Waals surface area contributed by atoms with E-state index in [2.05, 4.69) is 31.7 Å². The molecule has 10 heteroatoms. The number of carbonyl (C=O) groups excluding carboxylic acids is 2. The maximum absolute atomic E-state index is 12.5. The summed E-state index contributed by atoms with van der Waals surface area (Å²) in [5.74, 6) is 1.48. The van der Waals surface area contributed by atoms with Crippen molar-refractivity contribution in [3.8, 4) is 17.1 Å². The Kier molecular flexibility index (Phi) is 7.44. The summed E-state index contributed by atoms with van der Waals surface area (Å²) >= 11 is 0. The van der Waals surface area contributed by atoms with Gasteiger partial charge in [-0.15, -0.1) is 0 Å². The Morgan fingerprint density at radius 3 is 2.85 bits per heavy atom. The number of likely N-dealkylation sites (tertiary alicyclic amines) is 1. The molecule has 39 heavy (non-hydrogen) atoms. The molecule has 5 rings (SSSR count). The first-order chi connectivity index (χ1) is 18.7. The fourth-order valence-corrected chi connectivity index (χ4v) is 4.41. The van der Waals surface area contributed by atoms with Crippen LogP contribution in [0.25, 0.3) is 11.4 Å². The lowest BCUT2D eigenvalue weighted by Crippen LogP contribution is -2.41. The summed E-state index contributed by atoms with van der Waals surface area (Å²) in [5.41, 5.74) is 3.45. The predicted octanol–water partition coefficient (Wildman–Crippen LogP) is 4.32. The van der Waals surface area contributed by atoms with Crippen LogP contribution in [0.4, 0.5) is 16.3 Å². The quantitative estimate of drug-likeness (QED) is 0.469. The lowest BCUT2D eigenvalue weighted by Gasteiger charge is -2.24. The molecule has 3 heterocycles. The van der Waals surface area contributed by atoms with Crippen LogP contribution in [0.5, 0.6) is 5.75 Å². The third kappa shape index (κ3) is 6.90. The summed E-state index contributed by atoms with van der Waals surface area (Å²) in [7, 11) is 0. The first kappa shape index (κ1) is 26.1. The van der Waals surface area contributed by atoms with Crippen LogP contribution in [0, 0.1) is 0 Å². The van der Waals surface area contributed by atoms with Gasteiger partial charge >= 0.3 is 6.09 Å². The molecule has 2 aliphatic heterocycles. The van der Waals surface area contributed by atoms with Gasteiger partial charge in [-0.1, -0.05) is 18.2 Å². The van der Waals surface area contributed by atoms with Crippen LogP contribution >= 0.6 is 0 Å². The number of nitrogens with one attached hydrogen (secondary N) is 2. The van der Waals surface area contributed by atoms with Gasteiger partial charge in [-0.2, -0.15) is 0 Å². The number of carbonyl (C=O) groups is 2. The zero-order chi connectivity index (χ0) is 27.4. The van der Waals surface area contributed by atoms with Crippen molar-refractivity contribution in [3.05, 3.63) is 65.9 Å². The van der Waals surface area contributed by atoms with Crippen LogP contribution < -0.4 is 15.4 Å². The summed E-state index contributed by atoms with van der Waals surface area (Å²) in [6, 6.07) is 15.1. The third-order valence-electron chi connectivity index (χ3n) is 6.23. The minimum Gasteiger partial charge on any atom is -0.484 e. The van der Waals surface area contributed by atoms with E-state index in [4.69, 9.17) is 9.47 Å². The van der Waals surface area contributed by atoms with Crippen molar-refractivity contribution >= 4 is 29.7 Å². The van der Waals surface area contributed by atoms with Crippen molar-refractivity contribution in [2.45, 2.75) is 45.4 Å². The number of ether oxygens (including phenoxy) is 2. The molecule has 1 saturated heterocycles. The van der Waals surface area contributed by atoms with Crippen LogP contribution in [0.15, 0.2) is 59.7 Å². The van der Waals surface area contributed by atoms with Gasteiger partial charge in [-0.3, -0.25) is 9.79 Å². The number of anilines is 2. The maximum atomic E-state index is 12.5. The Bertz CT molecular complexity index is 1400. The van der Waals surface area contributed by atoms with Gasteiger partial charge in [0.1, 0.15) is 17.2 Å². The maximum Gasteiger partial charge on any atom is 0.410 e. The van der Waals surface area contributed by atoms with E-state index in [0.29, 0.717) is 36.9 Å². The zero-order valence-corrected chi connectivity index (χ0v) is 22.3. The molecule has 1 aromatic heterocycles. The number of aliphatic imine (C=N–C) groups is 1. The topological polar surface area (TPSA) is 118 Å². The summed E-state index contributed by atoms with van der Waals surface area (Å²) in [6.45, 7) is 7.03. The summed E-state index contributed by atoms with van der Waals surface area (Å²) < 4.78 is 11.2. The number of amides is 2. The van der Waals surface area contributed by atoms with E-state index in [1.165, 1.54) is 5.56 Å². The van der Waals surface area contributed by atoms with E-state index in [9.17, 15) is 9.59 Å². The van der Waals surface area contributed by atoms with Crippen molar-refractivity contribution in [2.24, 2.45) is 4.99 Å². The minimum atomic E-state index is -0.554. The fourth-order valence-electron chi connectivity index (χ4n) is 4.41. The molecule has 0 saturated carbocycles. The average Bonchev–Trinajstić information content (AvgIpc) is 3.56. The van der Waals surface area contributed by atoms with Crippen LogP contribution in [-0.4, -0.2) is 64.4 Å². The number of aromatic nitrogens is 2. The second-order valence-electron chi connectivity index (χ2n) is 10.6. The van der Waals surface area contributed by atoms with Gasteiger partial charge in [0.25, 0.3) is 5.91 Å². The van der Waals surface area contributed by atoms with E-state index >= 15 is 0 Å². The molecule has 0 radical (unpaired) electrons. The Labute approximate surface area is 227 Å². The monoisotopic (exact) mass is 528 g/mol. The molecule has 2 aliphatic rings. The summed E-state index contributed by atoms with van der Waals surface area (Å²) in [6.07, 6.45) is 3.88. The predicted molar refractivity (Wildman–Crippen MR) is 148 cm³/mol. The zero-order valence-electron chi connectivity index (χ0n) is 22.3. The second kappa shape index (κ2) is 11.1. The number of hydrogen-bond donors (Lipinski definition) is 2. The summed E-state index contributed by atoms with van der Waals surface area (Å²) in [5, 5.41) is 6.26. The standard InChI is InChI=1S/C29H32N6O4/c1-29(2,3)39-28(37)35-12-10-23(17-35)33-26(36)18-38-24-6-4-5-19(14-24)27-31-11-9-25(34-27)32-22-8-7-20-15-30-16-21(20)13-22/h4-9,11,13-14,16,23H,10,12,15,17-18H2,1-3H3,(H,33,36)(H,31,32,34)/t23-/m0/s1. The molecule has 0 unspecified atom stereocenters. The van der Waals surface area contributed by atoms with Crippen molar-refractivity contribution < 1.29 is 19.1 Å². The van der Waals surface area contributed by atoms with E-state index in [-0.39, 0.29) is 24.6 Å². The molecule has 2 aromatic carbocycles. The molecule has 1 atom stereocenters. The van der Waals surface area contributed by atoms with Crippen molar-refractivity contribution in [3.63, 3.8) is 0 Å². The molecule has 2 amide bonds. The van der Waals surface area contributed by atoms with Crippen molar-refractivity contribution in [1.82, 2.24) is 20.2 Å². The molecule has 2 N–H and O–H groups in total. The van der Waals surface area contributed by atoms with Crippen molar-refractivity contribution in [2.75, 3.05) is 25.0 Å². The van der Waals surface area contributed by atoms with Gasteiger partial charge in [0.15, 0.2) is 12.4 Å². The van der Waals surface area contributed by atoms with Gasteiger partial charge < -0.3 is 25.0 Å². The fraction of sp³-hybridized carbons (Fsp3) is 0.345. The second-order valence-corrected chi connectivity index (χ2v) is 10.6. The normalized spacial score (nSPS) is 16.1. The average molecular weight is 529 g/mol. The Morgan fingerprint density at radius 2 is 2.00 bits per heavy atom. The van der Waals surface area contributed by atoms with Gasteiger partial charge in [0.05, 0.1) is 6.54 Å². The van der Waals surface area contributed by atoms with E-state index < -0.39 is 5.60 Å². The molecule has 0 bridgehead atoms. The molecule has 202 valence electrons. The first-order valence-corrected chi connectivity index (χ1v) is 13.0. The molecule has 3 aromatic rings. The number of rotatable bonds is 7. The highest BCUT2D eigenvalue weighted by Gasteiger charge is 2.30. The van der Waals surface area contributed by atoms with E-state index in [1.54, 1.807) is 23.2 Å².